The van der Waals surface area contributed by atoms with Crippen LogP contribution in [0.5, 0.6) is 0 Å². The number of esters is 1. The predicted octanol–water partition coefficient (Wildman–Crippen LogP) is 4.92. The fourth-order valence-electron chi connectivity index (χ4n) is 2.44. The molecule has 0 saturated heterocycles. The second-order valence-corrected chi connectivity index (χ2v) is 6.55. The van der Waals surface area contributed by atoms with Crippen LogP contribution in [0.1, 0.15) is 17.4 Å². The van der Waals surface area contributed by atoms with Crippen LogP contribution in [0.15, 0.2) is 53.0 Å². The van der Waals surface area contributed by atoms with Gasteiger partial charge in [-0.15, -0.1) is 0 Å². The van der Waals surface area contributed by atoms with Gasteiger partial charge < -0.3 is 20.4 Å². The number of hydrogen-bond donors (Lipinski definition) is 3. The van der Waals surface area contributed by atoms with E-state index in [2.05, 4.69) is 31.5 Å². The number of anilines is 2. The first-order valence-electron chi connectivity index (χ1n) is 7.70. The van der Waals surface area contributed by atoms with Crippen LogP contribution in [0, 0.1) is 0 Å². The second-order valence-electron chi connectivity index (χ2n) is 5.23. The lowest BCUT2D eigenvalue weighted by Crippen LogP contribution is -2.20. The quantitative estimate of drug-likeness (QED) is 0.415. The van der Waals surface area contributed by atoms with Gasteiger partial charge in [-0.2, -0.15) is 0 Å². The summed E-state index contributed by atoms with van der Waals surface area (Å²) in [4.78, 5) is 15.3. The highest BCUT2D eigenvalue weighted by atomic mass is 79.9. The normalized spacial score (nSPS) is 10.5. The number of fused-ring (bicyclic) bond motifs is 1. The van der Waals surface area contributed by atoms with Crippen molar-refractivity contribution in [3.05, 3.63) is 58.7 Å². The van der Waals surface area contributed by atoms with Crippen molar-refractivity contribution >= 4 is 61.5 Å². The van der Waals surface area contributed by atoms with Crippen molar-refractivity contribution in [2.24, 2.45) is 0 Å². The highest BCUT2D eigenvalue weighted by Gasteiger charge is 2.19. The van der Waals surface area contributed by atoms with Gasteiger partial charge in [-0.1, -0.05) is 34.1 Å². The molecule has 0 aliphatic heterocycles. The smallest absolute Gasteiger partial charge is 0.356 e. The third-order valence-corrected chi connectivity index (χ3v) is 4.26. The van der Waals surface area contributed by atoms with Gasteiger partial charge in [-0.05, 0) is 49.5 Å². The minimum Gasteiger partial charge on any atom is -0.461 e. The molecule has 0 bridgehead atoms. The summed E-state index contributed by atoms with van der Waals surface area (Å²) < 4.78 is 6.12. The van der Waals surface area contributed by atoms with Gasteiger partial charge in [0, 0.05) is 21.1 Å². The lowest BCUT2D eigenvalue weighted by atomic mass is 10.2. The van der Waals surface area contributed by atoms with Gasteiger partial charge >= 0.3 is 5.97 Å². The zero-order chi connectivity index (χ0) is 17.8. The molecule has 25 heavy (non-hydrogen) atoms. The second kappa shape index (κ2) is 7.67. The SMILES string of the molecule is CCOC(=O)c1[nH]c2ccccc2c1NC(=S)Nc1ccc(Br)cc1. The molecule has 2 aromatic carbocycles. The van der Waals surface area contributed by atoms with E-state index in [1.807, 2.05) is 48.5 Å². The molecule has 3 aromatic rings. The summed E-state index contributed by atoms with van der Waals surface area (Å²) >= 11 is 8.79. The van der Waals surface area contributed by atoms with Crippen molar-refractivity contribution in [2.75, 3.05) is 17.2 Å². The maximum atomic E-state index is 12.3. The number of ether oxygens (including phenoxy) is 1. The van der Waals surface area contributed by atoms with Crippen molar-refractivity contribution in [1.82, 2.24) is 4.98 Å². The summed E-state index contributed by atoms with van der Waals surface area (Å²) in [5.41, 5.74) is 2.63. The largest absolute Gasteiger partial charge is 0.461 e. The van der Waals surface area contributed by atoms with Crippen LogP contribution in [0.2, 0.25) is 0 Å². The number of benzene rings is 2. The first-order chi connectivity index (χ1) is 12.1. The minimum atomic E-state index is -0.423. The van der Waals surface area contributed by atoms with Crippen molar-refractivity contribution < 1.29 is 9.53 Å². The summed E-state index contributed by atoms with van der Waals surface area (Å²) in [6.07, 6.45) is 0. The zero-order valence-corrected chi connectivity index (χ0v) is 15.8. The Morgan fingerprint density at radius 1 is 1.16 bits per heavy atom. The van der Waals surface area contributed by atoms with E-state index in [0.29, 0.717) is 23.1 Å². The molecule has 3 rings (SSSR count). The fraction of sp³-hybridized carbons (Fsp3) is 0.111. The molecule has 0 amide bonds. The van der Waals surface area contributed by atoms with Gasteiger partial charge in [0.05, 0.1) is 12.3 Å². The standard InChI is InChI=1S/C18H16BrN3O2S/c1-2-24-17(23)16-15(13-5-3-4-6-14(13)21-16)22-18(25)20-12-9-7-11(19)8-10-12/h3-10,21H,2H2,1H3,(H2,20,22,25). The zero-order valence-electron chi connectivity index (χ0n) is 13.4. The summed E-state index contributed by atoms with van der Waals surface area (Å²) in [7, 11) is 0. The molecule has 0 radical (unpaired) electrons. The van der Waals surface area contributed by atoms with Gasteiger partial charge in [-0.3, -0.25) is 0 Å². The van der Waals surface area contributed by atoms with Gasteiger partial charge in [-0.25, -0.2) is 4.79 Å². The number of halogens is 1. The molecule has 3 N–H and O–H groups in total. The third-order valence-electron chi connectivity index (χ3n) is 3.53. The number of aromatic amines is 1. The maximum absolute atomic E-state index is 12.3. The van der Waals surface area contributed by atoms with E-state index in [0.717, 1.165) is 21.1 Å². The van der Waals surface area contributed by atoms with E-state index in [9.17, 15) is 4.79 Å². The minimum absolute atomic E-state index is 0.301. The van der Waals surface area contributed by atoms with E-state index in [1.54, 1.807) is 6.92 Å². The molecule has 0 fully saturated rings. The number of aromatic nitrogens is 1. The summed E-state index contributed by atoms with van der Waals surface area (Å²) in [6.45, 7) is 2.07. The fourth-order valence-corrected chi connectivity index (χ4v) is 2.92. The molecular weight excluding hydrogens is 402 g/mol. The van der Waals surface area contributed by atoms with E-state index >= 15 is 0 Å². The summed E-state index contributed by atoms with van der Waals surface area (Å²) in [5.74, 6) is -0.423. The highest BCUT2D eigenvalue weighted by molar-refractivity contribution is 9.10. The Hall–Kier alpha value is -2.38. The van der Waals surface area contributed by atoms with Crippen molar-refractivity contribution in [3.8, 4) is 0 Å². The lowest BCUT2D eigenvalue weighted by Gasteiger charge is -2.11. The van der Waals surface area contributed by atoms with Crippen LogP contribution in [-0.4, -0.2) is 22.7 Å². The molecule has 1 heterocycles. The van der Waals surface area contributed by atoms with Crippen LogP contribution in [0.3, 0.4) is 0 Å². The Bertz CT molecular complexity index is 922. The number of thiocarbonyl (C=S) groups is 1. The average Bonchev–Trinajstić information content (AvgIpc) is 2.96. The Balaban J connectivity index is 1.88. The molecular formula is C18H16BrN3O2S. The first-order valence-corrected chi connectivity index (χ1v) is 8.90. The van der Waals surface area contributed by atoms with E-state index in [1.165, 1.54) is 0 Å². The Labute approximate surface area is 158 Å². The molecule has 5 nitrogen and oxygen atoms in total. The van der Waals surface area contributed by atoms with Crippen molar-refractivity contribution in [1.29, 1.82) is 0 Å². The van der Waals surface area contributed by atoms with E-state index < -0.39 is 5.97 Å². The van der Waals surface area contributed by atoms with Crippen molar-refractivity contribution in [3.63, 3.8) is 0 Å². The topological polar surface area (TPSA) is 66.2 Å². The number of rotatable bonds is 4. The number of hydrogen-bond acceptors (Lipinski definition) is 3. The van der Waals surface area contributed by atoms with Gasteiger partial charge in [0.25, 0.3) is 0 Å². The number of H-pyrrole nitrogens is 1. The molecule has 7 heteroatoms. The molecule has 0 aliphatic rings. The monoisotopic (exact) mass is 417 g/mol. The first kappa shape index (κ1) is 17.4. The van der Waals surface area contributed by atoms with Crippen LogP contribution in [0.4, 0.5) is 11.4 Å². The highest BCUT2D eigenvalue weighted by Crippen LogP contribution is 2.28. The maximum Gasteiger partial charge on any atom is 0.356 e. The van der Waals surface area contributed by atoms with Crippen LogP contribution < -0.4 is 10.6 Å². The molecule has 0 aliphatic carbocycles. The van der Waals surface area contributed by atoms with Gasteiger partial charge in [0.15, 0.2) is 5.11 Å². The average molecular weight is 418 g/mol. The number of carbonyl (C=O) groups excluding carboxylic acids is 1. The summed E-state index contributed by atoms with van der Waals surface area (Å²) in [5, 5.41) is 7.47. The van der Waals surface area contributed by atoms with Crippen LogP contribution in [0.25, 0.3) is 10.9 Å². The van der Waals surface area contributed by atoms with E-state index in [-0.39, 0.29) is 0 Å². The number of para-hydroxylation sites is 1. The van der Waals surface area contributed by atoms with Gasteiger partial charge in [0.1, 0.15) is 5.69 Å². The van der Waals surface area contributed by atoms with Crippen LogP contribution >= 0.6 is 28.1 Å². The van der Waals surface area contributed by atoms with Crippen LogP contribution in [-0.2, 0) is 4.74 Å². The number of carbonyl (C=O) groups is 1. The number of nitrogens with one attached hydrogen (secondary N) is 3. The molecule has 128 valence electrons. The molecule has 1 aromatic heterocycles. The Kier molecular flexibility index (Phi) is 5.35. The third kappa shape index (κ3) is 4.00. The predicted molar refractivity (Wildman–Crippen MR) is 108 cm³/mol. The van der Waals surface area contributed by atoms with Gasteiger partial charge in [0.2, 0.25) is 0 Å². The molecule has 0 spiro atoms. The molecule has 0 saturated carbocycles. The molecule has 0 atom stereocenters. The Morgan fingerprint density at radius 2 is 1.88 bits per heavy atom. The Morgan fingerprint density at radius 3 is 2.60 bits per heavy atom. The van der Waals surface area contributed by atoms with Crippen molar-refractivity contribution in [2.45, 2.75) is 6.92 Å². The summed E-state index contributed by atoms with van der Waals surface area (Å²) in [6, 6.07) is 15.3. The van der Waals surface area contributed by atoms with E-state index in [4.69, 9.17) is 17.0 Å². The lowest BCUT2D eigenvalue weighted by molar-refractivity contribution is 0.0522. The molecule has 0 unspecified atom stereocenters.